The Morgan fingerprint density at radius 2 is 1.76 bits per heavy atom. The molecule has 2 aromatic carbocycles. The highest BCUT2D eigenvalue weighted by atomic mass is 16.6. The monoisotopic (exact) mass is 510 g/mol. The number of aryl methyl sites for hydroxylation is 2. The van der Waals surface area contributed by atoms with Gasteiger partial charge in [0.1, 0.15) is 17.2 Å². The second-order valence-electron chi connectivity index (χ2n) is 8.44. The number of hydrogen-bond donors (Lipinski definition) is 0. The highest BCUT2D eigenvalue weighted by molar-refractivity contribution is 6.10. The summed E-state index contributed by atoms with van der Waals surface area (Å²) in [5.74, 6) is 2.34. The first-order valence-electron chi connectivity index (χ1n) is 12.2. The van der Waals surface area contributed by atoms with Crippen LogP contribution in [0, 0.1) is 0 Å². The van der Waals surface area contributed by atoms with Crippen molar-refractivity contribution in [3.8, 4) is 23.1 Å². The van der Waals surface area contributed by atoms with Crippen LogP contribution in [0.1, 0.15) is 42.6 Å². The van der Waals surface area contributed by atoms with E-state index in [-0.39, 0.29) is 18.4 Å². The molecule has 3 heterocycles. The fourth-order valence-electron chi connectivity index (χ4n) is 3.62. The zero-order valence-electron chi connectivity index (χ0n) is 21.1. The van der Waals surface area contributed by atoms with E-state index in [2.05, 4.69) is 54.9 Å². The Morgan fingerprint density at radius 1 is 0.947 bits per heavy atom. The van der Waals surface area contributed by atoms with Crippen molar-refractivity contribution in [2.75, 3.05) is 0 Å². The number of pyridine rings is 1. The smallest absolute Gasteiger partial charge is 0.266 e. The second kappa shape index (κ2) is 11.9. The quantitative estimate of drug-likeness (QED) is 0.183. The molecule has 0 fully saturated rings. The number of benzene rings is 2. The molecular weight excluding hydrogens is 484 g/mol. The van der Waals surface area contributed by atoms with E-state index in [4.69, 9.17) is 14.0 Å². The van der Waals surface area contributed by atoms with E-state index in [1.807, 2.05) is 42.5 Å². The molecule has 0 N–H and O–H groups in total. The largest absolute Gasteiger partial charge is 0.456 e. The normalized spacial score (nSPS) is 11.5. The molecule has 5 aromatic rings. The Morgan fingerprint density at radius 3 is 2.47 bits per heavy atom. The third-order valence-corrected chi connectivity index (χ3v) is 5.62. The molecule has 0 unspecified atom stereocenters. The minimum absolute atomic E-state index is 0.0376. The van der Waals surface area contributed by atoms with Gasteiger partial charge in [0.15, 0.2) is 12.3 Å². The minimum Gasteiger partial charge on any atom is -0.456 e. The van der Waals surface area contributed by atoms with Crippen molar-refractivity contribution in [3.63, 3.8) is 0 Å². The standard InChI is InChI=1S/C27H26N8O3/c1-3-4-8-19-11-13-21(14-12-19)37-22-15-16-23(28-17-22)27-31-29-24(38-27)18-36-32-25(20-9-6-5-7-10-20)26-30-33-34-35(26)2/h5-7,9-17H,3-4,8,18H2,1-2H3/b32-25-. The van der Waals surface area contributed by atoms with Gasteiger partial charge >= 0.3 is 0 Å². The molecule has 192 valence electrons. The molecule has 5 rings (SSSR count). The van der Waals surface area contributed by atoms with E-state index in [1.165, 1.54) is 23.1 Å². The lowest BCUT2D eigenvalue weighted by Crippen LogP contribution is -2.12. The highest BCUT2D eigenvalue weighted by Crippen LogP contribution is 2.24. The van der Waals surface area contributed by atoms with E-state index in [0.29, 0.717) is 23.0 Å². The summed E-state index contributed by atoms with van der Waals surface area (Å²) in [6, 6.07) is 21.2. The average molecular weight is 511 g/mol. The molecule has 3 aromatic heterocycles. The Balaban J connectivity index is 1.21. The summed E-state index contributed by atoms with van der Waals surface area (Å²) in [7, 11) is 1.73. The van der Waals surface area contributed by atoms with Crippen LogP contribution in [0.4, 0.5) is 0 Å². The van der Waals surface area contributed by atoms with Gasteiger partial charge in [0, 0.05) is 12.6 Å². The maximum atomic E-state index is 5.91. The van der Waals surface area contributed by atoms with Crippen molar-refractivity contribution < 1.29 is 14.0 Å². The number of nitrogens with zero attached hydrogens (tertiary/aromatic N) is 8. The van der Waals surface area contributed by atoms with Crippen LogP contribution < -0.4 is 4.74 Å². The number of aromatic nitrogens is 7. The summed E-state index contributed by atoms with van der Waals surface area (Å²) in [4.78, 5) is 9.92. The summed E-state index contributed by atoms with van der Waals surface area (Å²) in [5, 5.41) is 23.9. The number of hydrogen-bond acceptors (Lipinski definition) is 10. The third kappa shape index (κ3) is 6.06. The lowest BCUT2D eigenvalue weighted by Gasteiger charge is -2.06. The van der Waals surface area contributed by atoms with Gasteiger partial charge in [-0.25, -0.2) is 9.67 Å². The zero-order chi connectivity index (χ0) is 26.2. The highest BCUT2D eigenvalue weighted by Gasteiger charge is 2.16. The van der Waals surface area contributed by atoms with Crippen molar-refractivity contribution in [1.82, 2.24) is 35.4 Å². The van der Waals surface area contributed by atoms with Crippen molar-refractivity contribution >= 4 is 5.71 Å². The molecule has 11 nitrogen and oxygen atoms in total. The molecule has 0 saturated carbocycles. The Kier molecular flexibility index (Phi) is 7.73. The van der Waals surface area contributed by atoms with E-state index >= 15 is 0 Å². The summed E-state index contributed by atoms with van der Waals surface area (Å²) >= 11 is 0. The van der Waals surface area contributed by atoms with Gasteiger partial charge in [-0.3, -0.25) is 0 Å². The number of tetrazole rings is 1. The van der Waals surface area contributed by atoms with Crippen LogP contribution in [0.5, 0.6) is 11.5 Å². The van der Waals surface area contributed by atoms with Crippen molar-refractivity contribution in [1.29, 1.82) is 0 Å². The molecule has 11 heteroatoms. The summed E-state index contributed by atoms with van der Waals surface area (Å²) < 4.78 is 13.1. The first-order chi connectivity index (χ1) is 18.7. The molecule has 0 radical (unpaired) electrons. The molecule has 38 heavy (non-hydrogen) atoms. The number of rotatable bonds is 11. The van der Waals surface area contributed by atoms with Gasteiger partial charge in [-0.05, 0) is 53.1 Å². The predicted molar refractivity (Wildman–Crippen MR) is 138 cm³/mol. The molecular formula is C27H26N8O3. The maximum absolute atomic E-state index is 5.91. The second-order valence-corrected chi connectivity index (χ2v) is 8.44. The maximum Gasteiger partial charge on any atom is 0.266 e. The van der Waals surface area contributed by atoms with E-state index in [0.717, 1.165) is 17.7 Å². The molecule has 0 atom stereocenters. The van der Waals surface area contributed by atoms with Crippen LogP contribution in [0.3, 0.4) is 0 Å². The molecule has 0 aliphatic rings. The van der Waals surface area contributed by atoms with Crippen molar-refractivity contribution in [2.24, 2.45) is 12.2 Å². The molecule has 0 bridgehead atoms. The van der Waals surface area contributed by atoms with Gasteiger partial charge in [0.05, 0.1) is 6.20 Å². The third-order valence-electron chi connectivity index (χ3n) is 5.62. The van der Waals surface area contributed by atoms with Crippen LogP contribution in [0.2, 0.25) is 0 Å². The molecule has 0 spiro atoms. The van der Waals surface area contributed by atoms with Crippen LogP contribution >= 0.6 is 0 Å². The van der Waals surface area contributed by atoms with Gasteiger partial charge in [0.25, 0.3) is 11.8 Å². The Hall–Kier alpha value is -4.93. The molecule has 0 aliphatic heterocycles. The number of oxime groups is 1. The van der Waals surface area contributed by atoms with E-state index in [1.54, 1.807) is 25.4 Å². The van der Waals surface area contributed by atoms with Gasteiger partial charge in [-0.1, -0.05) is 61.0 Å². The van der Waals surface area contributed by atoms with Gasteiger partial charge in [-0.15, -0.1) is 15.3 Å². The first kappa shape index (κ1) is 24.8. The summed E-state index contributed by atoms with van der Waals surface area (Å²) in [6.07, 6.45) is 5.04. The summed E-state index contributed by atoms with van der Waals surface area (Å²) in [6.45, 7) is 2.15. The lowest BCUT2D eigenvalue weighted by atomic mass is 10.1. The predicted octanol–water partition coefficient (Wildman–Crippen LogP) is 4.76. The topological polar surface area (TPSA) is 126 Å². The Labute approximate surface area is 219 Å². The number of ether oxygens (including phenoxy) is 1. The van der Waals surface area contributed by atoms with Crippen LogP contribution in [0.25, 0.3) is 11.6 Å². The molecule has 0 amide bonds. The van der Waals surface area contributed by atoms with Crippen molar-refractivity contribution in [3.05, 3.63) is 95.8 Å². The van der Waals surface area contributed by atoms with Crippen LogP contribution in [0.15, 0.2) is 82.5 Å². The summed E-state index contributed by atoms with van der Waals surface area (Å²) in [5.41, 5.74) is 3.10. The van der Waals surface area contributed by atoms with Crippen LogP contribution in [-0.4, -0.2) is 41.1 Å². The van der Waals surface area contributed by atoms with Crippen molar-refractivity contribution in [2.45, 2.75) is 32.8 Å². The zero-order valence-corrected chi connectivity index (χ0v) is 21.1. The van der Waals surface area contributed by atoms with Gasteiger partial charge in [0.2, 0.25) is 5.82 Å². The van der Waals surface area contributed by atoms with E-state index < -0.39 is 0 Å². The Bertz CT molecular complexity index is 1480. The van der Waals surface area contributed by atoms with Crippen LogP contribution in [-0.2, 0) is 24.9 Å². The SMILES string of the molecule is CCCCc1ccc(Oc2ccc(-c3nnc(CO/N=C(/c4ccccc4)c4nnnn4C)o3)nc2)cc1. The van der Waals surface area contributed by atoms with Gasteiger partial charge < -0.3 is 14.0 Å². The average Bonchev–Trinajstić information content (AvgIpc) is 3.61. The lowest BCUT2D eigenvalue weighted by molar-refractivity contribution is 0.111. The fraction of sp³-hybridized carbons (Fsp3) is 0.222. The van der Waals surface area contributed by atoms with E-state index in [9.17, 15) is 0 Å². The molecule has 0 saturated heterocycles. The fourth-order valence-corrected chi connectivity index (χ4v) is 3.62. The number of unbranched alkanes of at least 4 members (excludes halogenated alkanes) is 1. The van der Waals surface area contributed by atoms with Gasteiger partial charge in [-0.2, -0.15) is 0 Å². The first-order valence-corrected chi connectivity index (χ1v) is 12.2. The minimum atomic E-state index is -0.0376. The molecule has 0 aliphatic carbocycles.